The predicted octanol–water partition coefficient (Wildman–Crippen LogP) is 0.970. The van der Waals surface area contributed by atoms with E-state index in [1.54, 1.807) is 24.5 Å². The van der Waals surface area contributed by atoms with Crippen LogP contribution in [0.25, 0.3) is 5.70 Å². The van der Waals surface area contributed by atoms with E-state index < -0.39 is 0 Å². The highest BCUT2D eigenvalue weighted by molar-refractivity contribution is 5.94. The van der Waals surface area contributed by atoms with E-state index in [1.807, 2.05) is 0 Å². The quantitative estimate of drug-likeness (QED) is 0.659. The van der Waals surface area contributed by atoms with Gasteiger partial charge in [0.25, 0.3) is 0 Å². The summed E-state index contributed by atoms with van der Waals surface area (Å²) < 4.78 is 0. The molecule has 3 heteroatoms. The van der Waals surface area contributed by atoms with Crippen LogP contribution < -0.4 is 5.73 Å². The lowest BCUT2D eigenvalue weighted by molar-refractivity contribution is -0.112. The van der Waals surface area contributed by atoms with Crippen LogP contribution in [0, 0.1) is 0 Å². The van der Waals surface area contributed by atoms with Crippen LogP contribution in [0.1, 0.15) is 12.5 Å². The fourth-order valence-electron chi connectivity index (χ4n) is 0.847. The fourth-order valence-corrected chi connectivity index (χ4v) is 0.847. The lowest BCUT2D eigenvalue weighted by Crippen LogP contribution is -1.98. The number of hydrogen-bond donors (Lipinski definition) is 1. The van der Waals surface area contributed by atoms with Crippen LogP contribution in [0.15, 0.2) is 30.6 Å². The summed E-state index contributed by atoms with van der Waals surface area (Å²) in [6.07, 6.45) is 4.67. The second-order valence-electron chi connectivity index (χ2n) is 2.45. The number of nitrogens with zero attached hydrogens (tertiary/aromatic N) is 1. The van der Waals surface area contributed by atoms with Crippen molar-refractivity contribution in [2.75, 3.05) is 0 Å². The van der Waals surface area contributed by atoms with Gasteiger partial charge in [-0.25, -0.2) is 0 Å². The lowest BCUT2D eigenvalue weighted by Gasteiger charge is -1.98. The van der Waals surface area contributed by atoms with Crippen molar-refractivity contribution in [1.29, 1.82) is 0 Å². The number of allylic oxidation sites excluding steroid dienone is 1. The van der Waals surface area contributed by atoms with E-state index in [1.165, 1.54) is 13.0 Å². The molecule has 0 aliphatic heterocycles. The Labute approximate surface area is 70.9 Å². The molecule has 1 aromatic rings. The van der Waals surface area contributed by atoms with Crippen LogP contribution >= 0.6 is 0 Å². The third kappa shape index (κ3) is 2.20. The van der Waals surface area contributed by atoms with E-state index in [2.05, 4.69) is 4.98 Å². The number of nitrogens with two attached hydrogens (primary N) is 1. The third-order valence-corrected chi connectivity index (χ3v) is 1.37. The van der Waals surface area contributed by atoms with Crippen molar-refractivity contribution in [3.05, 3.63) is 36.2 Å². The number of ketones is 1. The van der Waals surface area contributed by atoms with Crippen molar-refractivity contribution < 1.29 is 4.79 Å². The number of carbonyl (C=O) groups is 1. The molecule has 3 nitrogen and oxygen atoms in total. The minimum absolute atomic E-state index is 0.0516. The molecule has 0 fully saturated rings. The average molecular weight is 162 g/mol. The summed E-state index contributed by atoms with van der Waals surface area (Å²) in [5, 5.41) is 0. The molecule has 1 aromatic heterocycles. The normalized spacial score (nSPS) is 11.2. The molecule has 0 unspecified atom stereocenters. The molecule has 0 aliphatic rings. The molecule has 0 spiro atoms. The highest BCUT2D eigenvalue weighted by Gasteiger charge is 1.95. The van der Waals surface area contributed by atoms with E-state index in [4.69, 9.17) is 5.73 Å². The topological polar surface area (TPSA) is 56.0 Å². The summed E-state index contributed by atoms with van der Waals surface area (Å²) in [7, 11) is 0. The Hall–Kier alpha value is -1.64. The summed E-state index contributed by atoms with van der Waals surface area (Å²) >= 11 is 0. The molecule has 0 amide bonds. The molecule has 0 saturated heterocycles. The molecule has 0 bridgehead atoms. The fraction of sp³-hybridized carbons (Fsp3) is 0.111. The van der Waals surface area contributed by atoms with E-state index in [-0.39, 0.29) is 5.78 Å². The Bertz CT molecular complexity index is 304. The Morgan fingerprint density at radius 2 is 2.08 bits per heavy atom. The largest absolute Gasteiger partial charge is 0.398 e. The Morgan fingerprint density at radius 3 is 2.58 bits per heavy atom. The first-order valence-corrected chi connectivity index (χ1v) is 3.58. The zero-order chi connectivity index (χ0) is 8.97. The number of rotatable bonds is 2. The van der Waals surface area contributed by atoms with Gasteiger partial charge in [0.15, 0.2) is 5.78 Å². The van der Waals surface area contributed by atoms with Gasteiger partial charge in [0.05, 0.1) is 0 Å². The first-order valence-electron chi connectivity index (χ1n) is 3.58. The number of pyridine rings is 1. The van der Waals surface area contributed by atoms with Crippen LogP contribution in [0.5, 0.6) is 0 Å². The maximum atomic E-state index is 10.7. The number of aromatic nitrogens is 1. The molecule has 0 aliphatic carbocycles. The molecular formula is C9H10N2O. The monoisotopic (exact) mass is 162 g/mol. The molecule has 62 valence electrons. The molecular weight excluding hydrogens is 152 g/mol. The predicted molar refractivity (Wildman–Crippen MR) is 47.1 cm³/mol. The highest BCUT2D eigenvalue weighted by Crippen LogP contribution is 2.05. The molecule has 0 atom stereocenters. The van der Waals surface area contributed by atoms with Crippen LogP contribution in [0.2, 0.25) is 0 Å². The molecule has 0 aromatic carbocycles. The van der Waals surface area contributed by atoms with Crippen molar-refractivity contribution in [3.63, 3.8) is 0 Å². The average Bonchev–Trinajstić information content (AvgIpc) is 2.05. The van der Waals surface area contributed by atoms with Gasteiger partial charge in [-0.1, -0.05) is 0 Å². The van der Waals surface area contributed by atoms with Crippen molar-refractivity contribution >= 4 is 11.5 Å². The van der Waals surface area contributed by atoms with Gasteiger partial charge in [-0.2, -0.15) is 0 Å². The minimum atomic E-state index is -0.0516. The summed E-state index contributed by atoms with van der Waals surface area (Å²) in [5.74, 6) is -0.0516. The highest BCUT2D eigenvalue weighted by atomic mass is 16.1. The Kier molecular flexibility index (Phi) is 2.58. The van der Waals surface area contributed by atoms with Gasteiger partial charge in [-0.05, 0) is 19.1 Å². The second-order valence-corrected chi connectivity index (χ2v) is 2.45. The van der Waals surface area contributed by atoms with E-state index >= 15 is 0 Å². The van der Waals surface area contributed by atoms with Crippen molar-refractivity contribution in [3.8, 4) is 0 Å². The van der Waals surface area contributed by atoms with Gasteiger partial charge >= 0.3 is 0 Å². The van der Waals surface area contributed by atoms with Gasteiger partial charge in [0.2, 0.25) is 0 Å². The smallest absolute Gasteiger partial charge is 0.154 e. The Balaban J connectivity index is 2.93. The first kappa shape index (κ1) is 8.46. The zero-order valence-corrected chi connectivity index (χ0v) is 6.82. The van der Waals surface area contributed by atoms with Gasteiger partial charge in [0, 0.05) is 29.7 Å². The van der Waals surface area contributed by atoms with Crippen molar-refractivity contribution in [1.82, 2.24) is 4.98 Å². The van der Waals surface area contributed by atoms with Crippen molar-refractivity contribution in [2.24, 2.45) is 5.73 Å². The summed E-state index contributed by atoms with van der Waals surface area (Å²) in [6.45, 7) is 1.47. The number of hydrogen-bond acceptors (Lipinski definition) is 3. The molecule has 2 N–H and O–H groups in total. The molecule has 0 radical (unpaired) electrons. The van der Waals surface area contributed by atoms with Crippen LogP contribution in [-0.2, 0) is 4.79 Å². The van der Waals surface area contributed by atoms with Gasteiger partial charge in [0.1, 0.15) is 0 Å². The van der Waals surface area contributed by atoms with Gasteiger partial charge in [-0.3, -0.25) is 9.78 Å². The first-order chi connectivity index (χ1) is 5.70. The maximum absolute atomic E-state index is 10.7. The molecule has 12 heavy (non-hydrogen) atoms. The summed E-state index contributed by atoms with van der Waals surface area (Å²) in [6, 6.07) is 3.52. The summed E-state index contributed by atoms with van der Waals surface area (Å²) in [4.78, 5) is 14.5. The second kappa shape index (κ2) is 3.67. The zero-order valence-electron chi connectivity index (χ0n) is 6.82. The third-order valence-electron chi connectivity index (χ3n) is 1.37. The maximum Gasteiger partial charge on any atom is 0.154 e. The number of carbonyl (C=O) groups excluding carboxylic acids is 1. The van der Waals surface area contributed by atoms with Gasteiger partial charge in [-0.15, -0.1) is 0 Å². The Morgan fingerprint density at radius 1 is 1.50 bits per heavy atom. The van der Waals surface area contributed by atoms with Gasteiger partial charge < -0.3 is 5.73 Å². The van der Waals surface area contributed by atoms with E-state index in [0.29, 0.717) is 5.70 Å². The van der Waals surface area contributed by atoms with E-state index in [0.717, 1.165) is 5.56 Å². The summed E-state index contributed by atoms with van der Waals surface area (Å²) in [5.41, 5.74) is 6.90. The SMILES string of the molecule is CC(=O)/C=C(/N)c1ccncc1. The molecule has 1 heterocycles. The lowest BCUT2D eigenvalue weighted by atomic mass is 10.2. The van der Waals surface area contributed by atoms with E-state index in [9.17, 15) is 4.79 Å². The molecule has 1 rings (SSSR count). The molecule has 0 saturated carbocycles. The minimum Gasteiger partial charge on any atom is -0.398 e. The standard InChI is InChI=1S/C9H10N2O/c1-7(12)6-9(10)8-2-4-11-5-3-8/h2-6H,10H2,1H3/b9-6+. The van der Waals surface area contributed by atoms with Crippen LogP contribution in [-0.4, -0.2) is 10.8 Å². The van der Waals surface area contributed by atoms with Crippen LogP contribution in [0.3, 0.4) is 0 Å². The van der Waals surface area contributed by atoms with Crippen LogP contribution in [0.4, 0.5) is 0 Å². The van der Waals surface area contributed by atoms with Crippen molar-refractivity contribution in [2.45, 2.75) is 6.92 Å².